The van der Waals surface area contributed by atoms with E-state index in [9.17, 15) is 4.79 Å². The van der Waals surface area contributed by atoms with Crippen LogP contribution in [0.5, 0.6) is 5.75 Å². The zero-order valence-corrected chi connectivity index (χ0v) is 17.8. The molecule has 0 unspecified atom stereocenters. The highest BCUT2D eigenvalue weighted by Gasteiger charge is 2.23. The van der Waals surface area contributed by atoms with E-state index < -0.39 is 0 Å². The molecular weight excluding hydrogens is 360 g/mol. The van der Waals surface area contributed by atoms with Gasteiger partial charge < -0.3 is 14.6 Å². The number of H-pyrrole nitrogens is 1. The first-order valence-electron chi connectivity index (χ1n) is 10.4. The predicted molar refractivity (Wildman–Crippen MR) is 118 cm³/mol. The summed E-state index contributed by atoms with van der Waals surface area (Å²) >= 11 is 0. The maximum Gasteiger partial charge on any atom is 0.260 e. The van der Waals surface area contributed by atoms with Crippen LogP contribution in [0, 0.1) is 6.92 Å². The Morgan fingerprint density at radius 1 is 1.10 bits per heavy atom. The molecular formula is C25H30N2O2. The van der Waals surface area contributed by atoms with Crippen molar-refractivity contribution in [2.45, 2.75) is 46.0 Å². The van der Waals surface area contributed by atoms with Crippen LogP contribution < -0.4 is 4.74 Å². The van der Waals surface area contributed by atoms with Crippen LogP contribution in [0.3, 0.4) is 0 Å². The Bertz CT molecular complexity index is 1040. The van der Waals surface area contributed by atoms with Gasteiger partial charge in [0.1, 0.15) is 5.75 Å². The minimum Gasteiger partial charge on any atom is -0.483 e. The van der Waals surface area contributed by atoms with Gasteiger partial charge in [-0.2, -0.15) is 0 Å². The van der Waals surface area contributed by atoms with E-state index in [1.54, 1.807) is 0 Å². The van der Waals surface area contributed by atoms with E-state index in [2.05, 4.69) is 63.0 Å². The van der Waals surface area contributed by atoms with E-state index in [4.69, 9.17) is 4.74 Å². The largest absolute Gasteiger partial charge is 0.483 e. The Balaban J connectivity index is 1.44. The van der Waals surface area contributed by atoms with Gasteiger partial charge in [-0.3, -0.25) is 4.79 Å². The highest BCUT2D eigenvalue weighted by atomic mass is 16.5. The number of aromatic nitrogens is 1. The fourth-order valence-corrected chi connectivity index (χ4v) is 4.20. The number of benzene rings is 2. The number of aromatic amines is 1. The molecule has 0 bridgehead atoms. The van der Waals surface area contributed by atoms with Gasteiger partial charge in [-0.15, -0.1) is 0 Å². The fourth-order valence-electron chi connectivity index (χ4n) is 4.20. The average Bonchev–Trinajstić information content (AvgIpc) is 2.90. The normalized spacial score (nSPS) is 14.6. The second-order valence-corrected chi connectivity index (χ2v) is 9.05. The Labute approximate surface area is 172 Å². The average molecular weight is 391 g/mol. The number of hydrogen-bond acceptors (Lipinski definition) is 2. The number of carbonyl (C=O) groups is 1. The van der Waals surface area contributed by atoms with Crippen LogP contribution in [-0.4, -0.2) is 35.5 Å². The molecule has 1 aromatic heterocycles. The minimum atomic E-state index is -0.0310. The maximum absolute atomic E-state index is 12.9. The van der Waals surface area contributed by atoms with Crippen molar-refractivity contribution < 1.29 is 9.53 Å². The lowest BCUT2D eigenvalue weighted by Gasteiger charge is -2.25. The Morgan fingerprint density at radius 3 is 2.66 bits per heavy atom. The molecule has 0 radical (unpaired) electrons. The molecule has 4 heteroatoms. The molecule has 4 nitrogen and oxygen atoms in total. The number of carbonyl (C=O) groups excluding carboxylic acids is 1. The molecule has 0 saturated carbocycles. The van der Waals surface area contributed by atoms with Crippen LogP contribution in [-0.2, 0) is 23.1 Å². The van der Waals surface area contributed by atoms with Gasteiger partial charge >= 0.3 is 0 Å². The maximum atomic E-state index is 12.9. The van der Waals surface area contributed by atoms with Crippen LogP contribution in [0.1, 0.15) is 43.2 Å². The van der Waals surface area contributed by atoms with Crippen LogP contribution in [0.2, 0.25) is 0 Å². The highest BCUT2D eigenvalue weighted by molar-refractivity contribution is 5.85. The summed E-state index contributed by atoms with van der Waals surface area (Å²) in [6.45, 7) is 10.1. The van der Waals surface area contributed by atoms with Crippen LogP contribution >= 0.6 is 0 Å². The van der Waals surface area contributed by atoms with E-state index in [0.717, 1.165) is 37.2 Å². The molecule has 2 aromatic carbocycles. The first-order chi connectivity index (χ1) is 13.8. The molecule has 0 fully saturated rings. The van der Waals surface area contributed by atoms with Crippen molar-refractivity contribution in [3.8, 4) is 5.75 Å². The first-order valence-corrected chi connectivity index (χ1v) is 10.4. The Kier molecular flexibility index (Phi) is 5.12. The lowest BCUT2D eigenvalue weighted by molar-refractivity contribution is -0.133. The monoisotopic (exact) mass is 390 g/mol. The van der Waals surface area contributed by atoms with Crippen molar-refractivity contribution in [3.05, 3.63) is 64.8 Å². The second kappa shape index (κ2) is 7.58. The minimum absolute atomic E-state index is 0.0310. The van der Waals surface area contributed by atoms with Crippen molar-refractivity contribution in [3.63, 3.8) is 0 Å². The number of hydrogen-bond donors (Lipinski definition) is 1. The van der Waals surface area contributed by atoms with Gasteiger partial charge in [-0.1, -0.05) is 56.7 Å². The van der Waals surface area contributed by atoms with E-state index in [-0.39, 0.29) is 17.9 Å². The molecule has 152 valence electrons. The number of rotatable bonds is 3. The number of amides is 1. The predicted octanol–water partition coefficient (Wildman–Crippen LogP) is 4.78. The third-order valence-corrected chi connectivity index (χ3v) is 5.81. The zero-order chi connectivity index (χ0) is 20.6. The van der Waals surface area contributed by atoms with Gasteiger partial charge in [0, 0.05) is 36.1 Å². The van der Waals surface area contributed by atoms with Gasteiger partial charge in [0.15, 0.2) is 6.61 Å². The van der Waals surface area contributed by atoms with E-state index in [1.807, 2.05) is 17.0 Å². The highest BCUT2D eigenvalue weighted by Crippen LogP contribution is 2.32. The summed E-state index contributed by atoms with van der Waals surface area (Å²) in [7, 11) is 0. The molecule has 2 heterocycles. The fraction of sp³-hybridized carbons (Fsp3) is 0.400. The summed E-state index contributed by atoms with van der Waals surface area (Å²) in [5.74, 6) is 0.863. The van der Waals surface area contributed by atoms with E-state index in [1.165, 1.54) is 27.7 Å². The summed E-state index contributed by atoms with van der Waals surface area (Å²) in [5.41, 5.74) is 6.12. The summed E-state index contributed by atoms with van der Waals surface area (Å²) < 4.78 is 6.00. The molecule has 0 aliphatic carbocycles. The summed E-state index contributed by atoms with van der Waals surface area (Å²) in [4.78, 5) is 18.4. The lowest BCUT2D eigenvalue weighted by Crippen LogP contribution is -2.37. The lowest BCUT2D eigenvalue weighted by atomic mass is 9.85. The summed E-state index contributed by atoms with van der Waals surface area (Å²) in [6.07, 6.45) is 1.73. The number of para-hydroxylation sites is 1. The van der Waals surface area contributed by atoms with Gasteiger partial charge in [0.25, 0.3) is 5.91 Å². The molecule has 0 saturated heterocycles. The van der Waals surface area contributed by atoms with Crippen molar-refractivity contribution in [1.82, 2.24) is 9.88 Å². The van der Waals surface area contributed by atoms with Crippen molar-refractivity contribution in [1.29, 1.82) is 0 Å². The molecule has 1 N–H and O–H groups in total. The van der Waals surface area contributed by atoms with Crippen molar-refractivity contribution in [2.75, 3.05) is 19.7 Å². The molecule has 4 rings (SSSR count). The third-order valence-electron chi connectivity index (χ3n) is 5.81. The van der Waals surface area contributed by atoms with E-state index >= 15 is 0 Å². The number of nitrogens with one attached hydrogen (secondary N) is 1. The molecule has 0 spiro atoms. The molecule has 29 heavy (non-hydrogen) atoms. The molecule has 3 aromatic rings. The molecule has 1 aliphatic rings. The van der Waals surface area contributed by atoms with Gasteiger partial charge in [-0.25, -0.2) is 0 Å². The van der Waals surface area contributed by atoms with Crippen LogP contribution in [0.4, 0.5) is 0 Å². The van der Waals surface area contributed by atoms with Crippen LogP contribution in [0.15, 0.2) is 42.5 Å². The number of aryl methyl sites for hydroxylation is 1. The molecule has 1 aliphatic heterocycles. The zero-order valence-electron chi connectivity index (χ0n) is 17.8. The van der Waals surface area contributed by atoms with Crippen LogP contribution in [0.25, 0.3) is 10.9 Å². The van der Waals surface area contributed by atoms with Gasteiger partial charge in [0.2, 0.25) is 0 Å². The standard InChI is InChI=1S/C25H30N2O2/c1-17-9-10-23(20(15-17)25(2,3)4)29-16-24(28)27-13-11-19-18-7-5-6-8-21(18)26-22(19)12-14-27/h5-10,15,26H,11-14,16H2,1-4H3. The van der Waals surface area contributed by atoms with Crippen molar-refractivity contribution in [2.24, 2.45) is 0 Å². The first kappa shape index (κ1) is 19.6. The third kappa shape index (κ3) is 4.02. The SMILES string of the molecule is Cc1ccc(OCC(=O)N2CCc3[nH]c4ccccc4c3CC2)c(C(C)(C)C)c1. The number of nitrogens with zero attached hydrogens (tertiary/aromatic N) is 1. The van der Waals surface area contributed by atoms with Gasteiger partial charge in [-0.05, 0) is 42.0 Å². The molecule has 1 amide bonds. The quantitative estimate of drug-likeness (QED) is 0.699. The summed E-state index contributed by atoms with van der Waals surface area (Å²) in [6, 6.07) is 14.6. The van der Waals surface area contributed by atoms with Gasteiger partial charge in [0.05, 0.1) is 0 Å². The summed E-state index contributed by atoms with van der Waals surface area (Å²) in [5, 5.41) is 1.28. The topological polar surface area (TPSA) is 45.3 Å². The number of fused-ring (bicyclic) bond motifs is 3. The Hall–Kier alpha value is -2.75. The van der Waals surface area contributed by atoms with Crippen molar-refractivity contribution >= 4 is 16.8 Å². The van der Waals surface area contributed by atoms with E-state index in [0.29, 0.717) is 0 Å². The smallest absolute Gasteiger partial charge is 0.260 e. The number of ether oxygens (including phenoxy) is 1. The Morgan fingerprint density at radius 2 is 1.86 bits per heavy atom. The second-order valence-electron chi connectivity index (χ2n) is 9.05. The molecule has 0 atom stereocenters.